The number of nitrogens with one attached hydrogen (secondary N) is 1. The molecular weight excluding hydrogens is 404 g/mol. The number of aryl methyl sites for hydroxylation is 1. The van der Waals surface area contributed by atoms with E-state index in [1.165, 1.54) is 0 Å². The van der Waals surface area contributed by atoms with Gasteiger partial charge in [0.05, 0.1) is 6.54 Å². The summed E-state index contributed by atoms with van der Waals surface area (Å²) >= 11 is 0. The molecule has 2 aliphatic rings. The fourth-order valence-electron chi connectivity index (χ4n) is 4.21. The molecule has 3 aromatic rings. The van der Waals surface area contributed by atoms with Gasteiger partial charge in [0, 0.05) is 37.7 Å². The predicted molar refractivity (Wildman–Crippen MR) is 114 cm³/mol. The molecule has 1 aromatic carbocycles. The summed E-state index contributed by atoms with van der Waals surface area (Å²) in [6.07, 6.45) is 1.78. The van der Waals surface area contributed by atoms with Crippen LogP contribution in [0.15, 0.2) is 34.7 Å². The first-order valence-electron chi connectivity index (χ1n) is 10.2. The average molecular weight is 429 g/mol. The van der Waals surface area contributed by atoms with Gasteiger partial charge in [0.25, 0.3) is 5.91 Å². The Labute approximate surface area is 181 Å². The Morgan fingerprint density at radius 3 is 2.67 bits per heavy atom. The van der Waals surface area contributed by atoms with Crippen molar-refractivity contribution in [2.75, 3.05) is 19.6 Å². The summed E-state index contributed by atoms with van der Waals surface area (Å²) in [4.78, 5) is 19.4. The lowest BCUT2D eigenvalue weighted by Gasteiger charge is -2.31. The zero-order chi connectivity index (χ0) is 19.8. The molecule has 0 aliphatic carbocycles. The van der Waals surface area contributed by atoms with E-state index >= 15 is 0 Å². The van der Waals surface area contributed by atoms with Crippen LogP contribution in [0, 0.1) is 6.92 Å². The predicted octanol–water partition coefficient (Wildman–Crippen LogP) is 2.79. The monoisotopic (exact) mass is 428 g/mol. The fraction of sp³-hybridized carbons (Fsp3) is 0.429. The Bertz CT molecular complexity index is 1020. The van der Waals surface area contributed by atoms with Gasteiger partial charge >= 0.3 is 0 Å². The average Bonchev–Trinajstić information content (AvgIpc) is 3.38. The molecule has 0 spiro atoms. The molecule has 30 heavy (non-hydrogen) atoms. The first-order valence-corrected chi connectivity index (χ1v) is 10.2. The number of piperidine rings is 1. The summed E-state index contributed by atoms with van der Waals surface area (Å²) in [5, 5.41) is 12.1. The molecular formula is C21H25ClN6O2. The summed E-state index contributed by atoms with van der Waals surface area (Å²) in [5.41, 5.74) is 1.28. The van der Waals surface area contributed by atoms with Crippen LogP contribution in [0.2, 0.25) is 0 Å². The Morgan fingerprint density at radius 2 is 1.90 bits per heavy atom. The van der Waals surface area contributed by atoms with Gasteiger partial charge in [-0.3, -0.25) is 4.79 Å². The fourth-order valence-corrected chi connectivity index (χ4v) is 4.21. The summed E-state index contributed by atoms with van der Waals surface area (Å²) in [6, 6.07) is 9.67. The number of halogens is 1. The van der Waals surface area contributed by atoms with E-state index in [1.807, 2.05) is 35.2 Å². The van der Waals surface area contributed by atoms with Crippen molar-refractivity contribution in [3.63, 3.8) is 0 Å². The molecule has 0 radical (unpaired) electrons. The quantitative estimate of drug-likeness (QED) is 0.690. The molecule has 8 nitrogen and oxygen atoms in total. The summed E-state index contributed by atoms with van der Waals surface area (Å²) in [5.74, 6) is 3.42. The summed E-state index contributed by atoms with van der Waals surface area (Å²) < 4.78 is 8.01. The molecule has 2 aliphatic heterocycles. The molecule has 1 amide bonds. The van der Waals surface area contributed by atoms with Crippen molar-refractivity contribution in [2.24, 2.45) is 0 Å². The van der Waals surface area contributed by atoms with Crippen molar-refractivity contribution in [1.29, 1.82) is 0 Å². The van der Waals surface area contributed by atoms with E-state index in [4.69, 9.17) is 4.42 Å². The number of amides is 1. The third-order valence-electron chi connectivity index (χ3n) is 5.82. The molecule has 158 valence electrons. The smallest absolute Gasteiger partial charge is 0.276 e. The minimum absolute atomic E-state index is 0. The summed E-state index contributed by atoms with van der Waals surface area (Å²) in [7, 11) is 0. The number of rotatable bonds is 3. The zero-order valence-electron chi connectivity index (χ0n) is 16.9. The maximum atomic E-state index is 13.1. The van der Waals surface area contributed by atoms with Crippen molar-refractivity contribution in [3.05, 3.63) is 53.4 Å². The second-order valence-corrected chi connectivity index (χ2v) is 7.66. The van der Waals surface area contributed by atoms with Crippen LogP contribution in [0.3, 0.4) is 0 Å². The molecule has 0 saturated carbocycles. The van der Waals surface area contributed by atoms with Gasteiger partial charge in [0.1, 0.15) is 17.4 Å². The second-order valence-electron chi connectivity index (χ2n) is 7.66. The van der Waals surface area contributed by atoms with Gasteiger partial charge in [-0.05, 0) is 31.9 Å². The third kappa shape index (κ3) is 3.73. The lowest BCUT2D eigenvalue weighted by molar-refractivity contribution is 0.0703. The van der Waals surface area contributed by atoms with Crippen molar-refractivity contribution in [2.45, 2.75) is 38.8 Å². The van der Waals surface area contributed by atoms with Gasteiger partial charge in [-0.2, -0.15) is 0 Å². The number of nitrogens with zero attached hydrogens (tertiary/aromatic N) is 5. The number of likely N-dealkylation sites (tertiary alicyclic amines) is 1. The molecule has 5 rings (SSSR count). The van der Waals surface area contributed by atoms with Crippen LogP contribution in [0.25, 0.3) is 11.5 Å². The Hall–Kier alpha value is -2.71. The number of oxazole rings is 1. The molecule has 2 aromatic heterocycles. The molecule has 1 fully saturated rings. The Kier molecular flexibility index (Phi) is 5.87. The largest absolute Gasteiger partial charge is 0.441 e. The number of hydrogen-bond acceptors (Lipinski definition) is 6. The number of hydrogen-bond donors (Lipinski definition) is 1. The normalized spacial score (nSPS) is 16.8. The van der Waals surface area contributed by atoms with E-state index in [1.54, 1.807) is 6.92 Å². The number of carbonyl (C=O) groups excluding carboxylic acids is 1. The molecule has 0 bridgehead atoms. The van der Waals surface area contributed by atoms with E-state index in [0.717, 1.165) is 49.7 Å². The van der Waals surface area contributed by atoms with Gasteiger partial charge in [0.15, 0.2) is 5.69 Å². The maximum absolute atomic E-state index is 13.1. The van der Waals surface area contributed by atoms with Crippen LogP contribution < -0.4 is 5.32 Å². The Morgan fingerprint density at radius 1 is 1.13 bits per heavy atom. The molecule has 4 heterocycles. The van der Waals surface area contributed by atoms with E-state index in [-0.39, 0.29) is 18.3 Å². The van der Waals surface area contributed by atoms with Crippen LogP contribution in [0.5, 0.6) is 0 Å². The number of fused-ring (bicyclic) bond motifs is 1. The van der Waals surface area contributed by atoms with Crippen LogP contribution >= 0.6 is 12.4 Å². The Balaban J connectivity index is 0.00000218. The highest BCUT2D eigenvalue weighted by molar-refractivity contribution is 5.93. The number of benzene rings is 1. The molecule has 1 saturated heterocycles. The first kappa shape index (κ1) is 20.6. The van der Waals surface area contributed by atoms with Crippen molar-refractivity contribution >= 4 is 18.3 Å². The lowest BCUT2D eigenvalue weighted by Crippen LogP contribution is -2.39. The molecule has 0 unspecified atom stereocenters. The van der Waals surface area contributed by atoms with Gasteiger partial charge in [0.2, 0.25) is 5.89 Å². The number of aromatic nitrogens is 4. The van der Waals surface area contributed by atoms with Crippen molar-refractivity contribution in [1.82, 2.24) is 30.0 Å². The van der Waals surface area contributed by atoms with Crippen LogP contribution in [0.4, 0.5) is 0 Å². The van der Waals surface area contributed by atoms with Gasteiger partial charge in [-0.25, -0.2) is 4.98 Å². The van der Waals surface area contributed by atoms with Crippen LogP contribution in [-0.4, -0.2) is 50.2 Å². The highest BCUT2D eigenvalue weighted by Gasteiger charge is 2.31. The lowest BCUT2D eigenvalue weighted by atomic mass is 9.95. The second kappa shape index (κ2) is 8.57. The van der Waals surface area contributed by atoms with E-state index in [9.17, 15) is 4.79 Å². The van der Waals surface area contributed by atoms with Crippen LogP contribution in [-0.2, 0) is 13.1 Å². The van der Waals surface area contributed by atoms with Crippen molar-refractivity contribution in [3.8, 4) is 11.5 Å². The van der Waals surface area contributed by atoms with Crippen LogP contribution in [0.1, 0.15) is 46.7 Å². The SMILES string of the molecule is Cc1oc(-c2ccccc2)nc1C(=O)N1CCC(c2nnc3n2CCNC3)CC1.Cl. The van der Waals surface area contributed by atoms with Gasteiger partial charge in [-0.1, -0.05) is 18.2 Å². The minimum atomic E-state index is -0.0562. The molecule has 9 heteroatoms. The maximum Gasteiger partial charge on any atom is 0.276 e. The van der Waals surface area contributed by atoms with Gasteiger partial charge in [-0.15, -0.1) is 22.6 Å². The van der Waals surface area contributed by atoms with Crippen molar-refractivity contribution < 1.29 is 9.21 Å². The van der Waals surface area contributed by atoms with E-state index < -0.39 is 0 Å². The third-order valence-corrected chi connectivity index (χ3v) is 5.82. The molecule has 1 N–H and O–H groups in total. The standard InChI is InChI=1S/C21H24N6O2.ClH/c1-14-18(23-20(29-14)16-5-3-2-4-6-16)21(28)26-10-7-15(8-11-26)19-25-24-17-13-22-9-12-27(17)19;/h2-6,15,22H,7-13H2,1H3;1H. The topological polar surface area (TPSA) is 89.1 Å². The minimum Gasteiger partial charge on any atom is -0.441 e. The van der Waals surface area contributed by atoms with E-state index in [2.05, 4.69) is 25.1 Å². The zero-order valence-corrected chi connectivity index (χ0v) is 17.7. The first-order chi connectivity index (χ1) is 14.2. The summed E-state index contributed by atoms with van der Waals surface area (Å²) in [6.45, 7) is 5.82. The highest BCUT2D eigenvalue weighted by Crippen LogP contribution is 2.29. The number of carbonyl (C=O) groups is 1. The molecule has 0 atom stereocenters. The highest BCUT2D eigenvalue weighted by atomic mass is 35.5. The van der Waals surface area contributed by atoms with Gasteiger partial charge < -0.3 is 19.2 Å². The van der Waals surface area contributed by atoms with E-state index in [0.29, 0.717) is 36.4 Å².